The van der Waals surface area contributed by atoms with Gasteiger partial charge in [-0.15, -0.1) is 0 Å². The fourth-order valence-electron chi connectivity index (χ4n) is 1.31. The van der Waals surface area contributed by atoms with E-state index in [0.717, 1.165) is 25.4 Å². The minimum Gasteiger partial charge on any atom is -0.377 e. The first-order valence-electron chi connectivity index (χ1n) is 3.81. The summed E-state index contributed by atoms with van der Waals surface area (Å²) in [6.07, 6.45) is 2.99. The highest BCUT2D eigenvalue weighted by atomic mass is 16.5. The van der Waals surface area contributed by atoms with E-state index in [1.807, 2.05) is 0 Å². The molecule has 1 fully saturated rings. The second kappa shape index (κ2) is 3.58. The summed E-state index contributed by atoms with van der Waals surface area (Å²) < 4.78 is 5.37. The summed E-state index contributed by atoms with van der Waals surface area (Å²) >= 11 is 0. The van der Waals surface area contributed by atoms with Crippen molar-refractivity contribution in [2.75, 3.05) is 6.61 Å². The number of ether oxygens (including phenoxy) is 1. The summed E-state index contributed by atoms with van der Waals surface area (Å²) in [5.74, 6) is 0.743. The lowest BCUT2D eigenvalue weighted by Crippen LogP contribution is -2.23. The van der Waals surface area contributed by atoms with Gasteiger partial charge in [-0.25, -0.2) is 0 Å². The first-order chi connectivity index (χ1) is 4.83. The second-order valence-corrected chi connectivity index (χ2v) is 2.98. The lowest BCUT2D eigenvalue weighted by molar-refractivity contribution is -0.00161. The van der Waals surface area contributed by atoms with Crippen molar-refractivity contribution in [1.82, 2.24) is 0 Å². The third kappa shape index (κ3) is 2.00. The van der Waals surface area contributed by atoms with Crippen molar-refractivity contribution in [3.8, 4) is 6.07 Å². The maximum atomic E-state index is 8.37. The van der Waals surface area contributed by atoms with Crippen LogP contribution in [0, 0.1) is 17.2 Å². The minimum atomic E-state index is 0.216. The molecule has 2 heteroatoms. The fraction of sp³-hybridized carbons (Fsp3) is 0.875. The van der Waals surface area contributed by atoms with Crippen LogP contribution < -0.4 is 0 Å². The Balaban J connectivity index is 2.27. The summed E-state index contributed by atoms with van der Waals surface area (Å²) in [7, 11) is 0. The van der Waals surface area contributed by atoms with Crippen LogP contribution in [-0.2, 0) is 4.74 Å². The van der Waals surface area contributed by atoms with Crippen LogP contribution in [-0.4, -0.2) is 12.7 Å². The van der Waals surface area contributed by atoms with Gasteiger partial charge in [-0.1, -0.05) is 6.92 Å². The lowest BCUT2D eigenvalue weighted by Gasteiger charge is -2.25. The molecule has 10 heavy (non-hydrogen) atoms. The fourth-order valence-corrected chi connectivity index (χ4v) is 1.31. The summed E-state index contributed by atoms with van der Waals surface area (Å²) in [5.41, 5.74) is 0. The van der Waals surface area contributed by atoms with Gasteiger partial charge < -0.3 is 4.74 Å². The quantitative estimate of drug-likeness (QED) is 0.554. The van der Waals surface area contributed by atoms with Gasteiger partial charge in [0.05, 0.1) is 18.6 Å². The maximum absolute atomic E-state index is 8.37. The molecule has 0 aliphatic carbocycles. The predicted octanol–water partition coefficient (Wildman–Crippen LogP) is 1.72. The third-order valence-electron chi connectivity index (χ3n) is 1.95. The first kappa shape index (κ1) is 7.56. The Bertz CT molecular complexity index is 139. The molecule has 1 saturated heterocycles. The molecule has 0 radical (unpaired) electrons. The Morgan fingerprint density at radius 3 is 3.10 bits per heavy atom. The molecule has 2 nitrogen and oxygen atoms in total. The minimum absolute atomic E-state index is 0.216. The Kier molecular flexibility index (Phi) is 2.70. The Hall–Kier alpha value is -0.550. The highest BCUT2D eigenvalue weighted by Crippen LogP contribution is 2.20. The molecule has 56 valence electrons. The van der Waals surface area contributed by atoms with Crippen LogP contribution in [0.5, 0.6) is 0 Å². The van der Waals surface area contributed by atoms with E-state index in [0.29, 0.717) is 6.42 Å². The summed E-state index contributed by atoms with van der Waals surface area (Å²) in [6.45, 7) is 3.06. The summed E-state index contributed by atoms with van der Waals surface area (Å²) in [6, 6.07) is 2.13. The van der Waals surface area contributed by atoms with Crippen molar-refractivity contribution < 1.29 is 4.74 Å². The maximum Gasteiger partial charge on any atom is 0.0707 e. The van der Waals surface area contributed by atoms with Crippen molar-refractivity contribution >= 4 is 0 Å². The van der Waals surface area contributed by atoms with Crippen LogP contribution in [0.3, 0.4) is 0 Å². The van der Waals surface area contributed by atoms with E-state index in [2.05, 4.69) is 13.0 Å². The van der Waals surface area contributed by atoms with Crippen molar-refractivity contribution in [2.45, 2.75) is 32.3 Å². The predicted molar refractivity (Wildman–Crippen MR) is 38.4 cm³/mol. The number of hydrogen-bond acceptors (Lipinski definition) is 2. The van der Waals surface area contributed by atoms with E-state index in [1.165, 1.54) is 0 Å². The van der Waals surface area contributed by atoms with E-state index >= 15 is 0 Å². The SMILES string of the molecule is C[C@@H]1CCO[C@H](CC#N)C1. The molecular weight excluding hydrogens is 126 g/mol. The smallest absolute Gasteiger partial charge is 0.0707 e. The number of rotatable bonds is 1. The van der Waals surface area contributed by atoms with Crippen LogP contribution in [0.25, 0.3) is 0 Å². The molecule has 2 atom stereocenters. The Morgan fingerprint density at radius 2 is 2.50 bits per heavy atom. The van der Waals surface area contributed by atoms with Crippen LogP contribution >= 0.6 is 0 Å². The number of hydrogen-bond donors (Lipinski definition) is 0. The van der Waals surface area contributed by atoms with Gasteiger partial charge in [0.1, 0.15) is 0 Å². The highest BCUT2D eigenvalue weighted by Gasteiger charge is 2.18. The van der Waals surface area contributed by atoms with Crippen molar-refractivity contribution in [2.24, 2.45) is 5.92 Å². The van der Waals surface area contributed by atoms with Crippen LogP contribution in [0.2, 0.25) is 0 Å². The monoisotopic (exact) mass is 139 g/mol. The van der Waals surface area contributed by atoms with Gasteiger partial charge in [0.25, 0.3) is 0 Å². The normalized spacial score (nSPS) is 33.2. The molecule has 1 aliphatic heterocycles. The second-order valence-electron chi connectivity index (χ2n) is 2.98. The van der Waals surface area contributed by atoms with E-state index < -0.39 is 0 Å². The zero-order valence-electron chi connectivity index (χ0n) is 6.34. The van der Waals surface area contributed by atoms with Crippen molar-refractivity contribution in [1.29, 1.82) is 5.26 Å². The zero-order chi connectivity index (χ0) is 7.40. The molecule has 0 N–H and O–H groups in total. The zero-order valence-corrected chi connectivity index (χ0v) is 6.34. The molecule has 0 aromatic heterocycles. The number of nitriles is 1. The first-order valence-corrected chi connectivity index (χ1v) is 3.81. The molecule has 1 rings (SSSR count). The third-order valence-corrected chi connectivity index (χ3v) is 1.95. The van der Waals surface area contributed by atoms with Crippen LogP contribution in [0.15, 0.2) is 0 Å². The molecule has 0 spiro atoms. The van der Waals surface area contributed by atoms with E-state index in [-0.39, 0.29) is 6.10 Å². The van der Waals surface area contributed by atoms with Gasteiger partial charge in [-0.05, 0) is 18.8 Å². The summed E-state index contributed by atoms with van der Waals surface area (Å²) in [5, 5.41) is 8.37. The molecule has 0 aromatic carbocycles. The summed E-state index contributed by atoms with van der Waals surface area (Å²) in [4.78, 5) is 0. The molecule has 0 saturated carbocycles. The standard InChI is InChI=1S/C8H13NO/c1-7-3-5-10-8(6-7)2-4-9/h7-8H,2-3,5-6H2,1H3/t7-,8-/m1/s1. The molecule has 1 aliphatic rings. The Morgan fingerprint density at radius 1 is 1.70 bits per heavy atom. The average Bonchev–Trinajstić information content (AvgIpc) is 1.88. The van der Waals surface area contributed by atoms with E-state index in [4.69, 9.17) is 10.00 Å². The van der Waals surface area contributed by atoms with Crippen LogP contribution in [0.4, 0.5) is 0 Å². The molecule has 0 aromatic rings. The topological polar surface area (TPSA) is 33.0 Å². The van der Waals surface area contributed by atoms with Gasteiger partial charge >= 0.3 is 0 Å². The molecular formula is C8H13NO. The average molecular weight is 139 g/mol. The van der Waals surface area contributed by atoms with Crippen molar-refractivity contribution in [3.05, 3.63) is 0 Å². The van der Waals surface area contributed by atoms with E-state index in [9.17, 15) is 0 Å². The van der Waals surface area contributed by atoms with Crippen LogP contribution in [0.1, 0.15) is 26.2 Å². The highest BCUT2D eigenvalue weighted by molar-refractivity contribution is 4.79. The Labute approximate surface area is 61.8 Å². The van der Waals surface area contributed by atoms with Gasteiger partial charge in [0, 0.05) is 6.61 Å². The molecule has 1 heterocycles. The van der Waals surface area contributed by atoms with E-state index in [1.54, 1.807) is 0 Å². The van der Waals surface area contributed by atoms with Gasteiger partial charge in [-0.2, -0.15) is 5.26 Å². The number of nitrogens with zero attached hydrogens (tertiary/aromatic N) is 1. The van der Waals surface area contributed by atoms with Crippen molar-refractivity contribution in [3.63, 3.8) is 0 Å². The molecule has 0 unspecified atom stereocenters. The van der Waals surface area contributed by atoms with Gasteiger partial charge in [0.15, 0.2) is 0 Å². The molecule has 0 bridgehead atoms. The largest absolute Gasteiger partial charge is 0.377 e. The molecule has 0 amide bonds. The lowest BCUT2D eigenvalue weighted by atomic mass is 9.96. The van der Waals surface area contributed by atoms with Gasteiger partial charge in [0.2, 0.25) is 0 Å². The van der Waals surface area contributed by atoms with Gasteiger partial charge in [-0.3, -0.25) is 0 Å².